The number of aliphatic hydroxyl groups excluding tert-OH is 1. The van der Waals surface area contributed by atoms with Crippen LogP contribution in [0.3, 0.4) is 0 Å². The number of rotatable bonds is 5. The highest BCUT2D eigenvalue weighted by molar-refractivity contribution is 5.29. The van der Waals surface area contributed by atoms with Crippen molar-refractivity contribution in [2.24, 2.45) is 0 Å². The van der Waals surface area contributed by atoms with Gasteiger partial charge < -0.3 is 14.6 Å². The van der Waals surface area contributed by atoms with Crippen LogP contribution in [-0.2, 0) is 11.3 Å². The van der Waals surface area contributed by atoms with Crippen molar-refractivity contribution in [2.75, 3.05) is 26.8 Å². The fourth-order valence-corrected chi connectivity index (χ4v) is 2.92. The minimum atomic E-state index is -0.625. The summed E-state index contributed by atoms with van der Waals surface area (Å²) in [4.78, 5) is 2.33. The number of benzene rings is 2. The lowest BCUT2D eigenvalue weighted by atomic mass is 10.0. The molecule has 0 spiro atoms. The zero-order valence-corrected chi connectivity index (χ0v) is 13.4. The molecule has 0 saturated carbocycles. The van der Waals surface area contributed by atoms with E-state index in [2.05, 4.69) is 29.2 Å². The molecule has 4 nitrogen and oxygen atoms in total. The minimum absolute atomic E-state index is 0.208. The van der Waals surface area contributed by atoms with Crippen molar-refractivity contribution in [1.29, 1.82) is 0 Å². The highest BCUT2D eigenvalue weighted by Crippen LogP contribution is 2.24. The molecule has 0 amide bonds. The Hall–Kier alpha value is -1.88. The van der Waals surface area contributed by atoms with Crippen LogP contribution in [0.1, 0.15) is 17.2 Å². The number of morpholine rings is 1. The second-order valence-electron chi connectivity index (χ2n) is 5.85. The van der Waals surface area contributed by atoms with Crippen LogP contribution in [-0.4, -0.2) is 42.9 Å². The third-order valence-corrected chi connectivity index (χ3v) is 4.24. The van der Waals surface area contributed by atoms with Crippen LogP contribution < -0.4 is 4.74 Å². The van der Waals surface area contributed by atoms with Gasteiger partial charge in [-0.05, 0) is 23.3 Å². The van der Waals surface area contributed by atoms with Crippen molar-refractivity contribution < 1.29 is 14.6 Å². The molecule has 0 aromatic heterocycles. The lowest BCUT2D eigenvalue weighted by Gasteiger charge is -2.35. The molecule has 1 heterocycles. The van der Waals surface area contributed by atoms with Gasteiger partial charge in [0.1, 0.15) is 18.0 Å². The number of methoxy groups -OCH3 is 1. The lowest BCUT2D eigenvalue weighted by molar-refractivity contribution is -0.0918. The van der Waals surface area contributed by atoms with E-state index in [4.69, 9.17) is 9.47 Å². The highest BCUT2D eigenvalue weighted by atomic mass is 16.5. The summed E-state index contributed by atoms with van der Waals surface area (Å²) in [6.07, 6.45) is -0.833. The van der Waals surface area contributed by atoms with Crippen LogP contribution in [0.2, 0.25) is 0 Å². The maximum absolute atomic E-state index is 10.6. The molecule has 2 aromatic rings. The van der Waals surface area contributed by atoms with Crippen molar-refractivity contribution >= 4 is 0 Å². The topological polar surface area (TPSA) is 41.9 Å². The Morgan fingerprint density at radius 3 is 2.61 bits per heavy atom. The third-order valence-electron chi connectivity index (χ3n) is 4.24. The van der Waals surface area contributed by atoms with E-state index in [1.807, 2.05) is 30.3 Å². The summed E-state index contributed by atoms with van der Waals surface area (Å²) in [6, 6.07) is 17.9. The molecule has 23 heavy (non-hydrogen) atoms. The molecule has 4 heteroatoms. The number of hydrogen-bond acceptors (Lipinski definition) is 4. The largest absolute Gasteiger partial charge is 0.497 e. The molecule has 1 aliphatic rings. The number of aliphatic hydroxyl groups is 1. The van der Waals surface area contributed by atoms with Gasteiger partial charge in [0.25, 0.3) is 0 Å². The zero-order valence-electron chi connectivity index (χ0n) is 13.4. The van der Waals surface area contributed by atoms with Gasteiger partial charge in [-0.15, -0.1) is 0 Å². The van der Waals surface area contributed by atoms with E-state index in [1.54, 1.807) is 7.11 Å². The second kappa shape index (κ2) is 7.59. The fraction of sp³-hybridized carbons (Fsp3) is 0.368. The van der Waals surface area contributed by atoms with Crippen molar-refractivity contribution in [2.45, 2.75) is 18.8 Å². The van der Waals surface area contributed by atoms with Crippen LogP contribution in [0.25, 0.3) is 0 Å². The van der Waals surface area contributed by atoms with Crippen LogP contribution in [0, 0.1) is 0 Å². The van der Waals surface area contributed by atoms with E-state index in [1.165, 1.54) is 5.56 Å². The molecule has 2 atom stereocenters. The van der Waals surface area contributed by atoms with Crippen molar-refractivity contribution in [3.8, 4) is 5.75 Å². The molecule has 3 rings (SSSR count). The molecular formula is C19H23NO3. The van der Waals surface area contributed by atoms with E-state index in [9.17, 15) is 5.11 Å². The van der Waals surface area contributed by atoms with E-state index >= 15 is 0 Å². The Kier molecular flexibility index (Phi) is 5.28. The van der Waals surface area contributed by atoms with Crippen LogP contribution >= 0.6 is 0 Å². The van der Waals surface area contributed by atoms with Gasteiger partial charge in [-0.25, -0.2) is 0 Å². The van der Waals surface area contributed by atoms with Gasteiger partial charge in [-0.3, -0.25) is 4.90 Å². The van der Waals surface area contributed by atoms with Gasteiger partial charge in [0, 0.05) is 19.6 Å². The van der Waals surface area contributed by atoms with E-state index in [0.717, 1.165) is 30.9 Å². The lowest BCUT2D eigenvalue weighted by Crippen LogP contribution is -2.44. The van der Waals surface area contributed by atoms with Crippen molar-refractivity contribution in [1.82, 2.24) is 4.90 Å². The van der Waals surface area contributed by atoms with Gasteiger partial charge >= 0.3 is 0 Å². The van der Waals surface area contributed by atoms with Gasteiger partial charge in [-0.1, -0.05) is 42.5 Å². The molecule has 1 aliphatic heterocycles. The van der Waals surface area contributed by atoms with Gasteiger partial charge in [0.05, 0.1) is 13.7 Å². The number of hydrogen-bond donors (Lipinski definition) is 1. The monoisotopic (exact) mass is 313 g/mol. The Morgan fingerprint density at radius 2 is 1.91 bits per heavy atom. The Morgan fingerprint density at radius 1 is 1.17 bits per heavy atom. The SMILES string of the molecule is COc1ccc([C@@H](O)[C@@H]2CN(Cc3ccccc3)CCO2)cc1. The highest BCUT2D eigenvalue weighted by Gasteiger charge is 2.27. The first-order valence-corrected chi connectivity index (χ1v) is 7.96. The second-order valence-corrected chi connectivity index (χ2v) is 5.85. The molecule has 0 aliphatic carbocycles. The molecular weight excluding hydrogens is 290 g/mol. The average molecular weight is 313 g/mol. The molecule has 1 N–H and O–H groups in total. The smallest absolute Gasteiger partial charge is 0.118 e. The molecule has 1 saturated heterocycles. The first-order valence-electron chi connectivity index (χ1n) is 7.96. The summed E-state index contributed by atoms with van der Waals surface area (Å²) >= 11 is 0. The van der Waals surface area contributed by atoms with E-state index in [-0.39, 0.29) is 6.10 Å². The van der Waals surface area contributed by atoms with Crippen LogP contribution in [0.4, 0.5) is 0 Å². The predicted octanol–water partition coefficient (Wildman–Crippen LogP) is 2.63. The molecule has 0 radical (unpaired) electrons. The van der Waals surface area contributed by atoms with Gasteiger partial charge in [-0.2, -0.15) is 0 Å². The van der Waals surface area contributed by atoms with E-state index < -0.39 is 6.10 Å². The van der Waals surface area contributed by atoms with Crippen LogP contribution in [0.15, 0.2) is 54.6 Å². The Labute approximate surface area is 137 Å². The normalized spacial score (nSPS) is 20.2. The van der Waals surface area contributed by atoms with Gasteiger partial charge in [0.15, 0.2) is 0 Å². The van der Waals surface area contributed by atoms with Gasteiger partial charge in [0.2, 0.25) is 0 Å². The Balaban J connectivity index is 1.62. The van der Waals surface area contributed by atoms with Crippen molar-refractivity contribution in [3.05, 3.63) is 65.7 Å². The summed E-state index contributed by atoms with van der Waals surface area (Å²) in [6.45, 7) is 3.14. The maximum atomic E-state index is 10.6. The fourth-order valence-electron chi connectivity index (χ4n) is 2.92. The third kappa shape index (κ3) is 4.10. The first kappa shape index (κ1) is 16.0. The molecule has 1 fully saturated rings. The summed E-state index contributed by atoms with van der Waals surface area (Å²) in [5, 5.41) is 10.6. The average Bonchev–Trinajstić information content (AvgIpc) is 2.62. The zero-order chi connectivity index (χ0) is 16.1. The molecule has 2 aromatic carbocycles. The molecule has 0 bridgehead atoms. The summed E-state index contributed by atoms with van der Waals surface area (Å²) in [5.41, 5.74) is 2.14. The molecule has 0 unspecified atom stereocenters. The number of nitrogens with zero attached hydrogens (tertiary/aromatic N) is 1. The first-order chi connectivity index (χ1) is 11.3. The standard InChI is InChI=1S/C19H23NO3/c1-22-17-9-7-16(8-10-17)19(21)18-14-20(11-12-23-18)13-15-5-3-2-4-6-15/h2-10,18-19,21H,11-14H2,1H3/t18-,19+/m0/s1. The Bertz CT molecular complexity index is 600. The maximum Gasteiger partial charge on any atom is 0.118 e. The summed E-state index contributed by atoms with van der Waals surface area (Å²) < 4.78 is 11.0. The van der Waals surface area contributed by atoms with Crippen LogP contribution in [0.5, 0.6) is 5.75 Å². The summed E-state index contributed by atoms with van der Waals surface area (Å²) in [7, 11) is 1.64. The number of ether oxygens (including phenoxy) is 2. The van der Waals surface area contributed by atoms with E-state index in [0.29, 0.717) is 6.61 Å². The molecule has 122 valence electrons. The quantitative estimate of drug-likeness (QED) is 0.921. The van der Waals surface area contributed by atoms with Crippen molar-refractivity contribution in [3.63, 3.8) is 0 Å². The predicted molar refractivity (Wildman–Crippen MR) is 89.4 cm³/mol. The minimum Gasteiger partial charge on any atom is -0.497 e. The summed E-state index contributed by atoms with van der Waals surface area (Å²) in [5.74, 6) is 0.788.